The van der Waals surface area contributed by atoms with Crippen molar-refractivity contribution in [2.75, 3.05) is 4.90 Å². The van der Waals surface area contributed by atoms with Crippen molar-refractivity contribution in [2.24, 2.45) is 11.5 Å². The second-order valence-corrected chi connectivity index (χ2v) is 6.87. The summed E-state index contributed by atoms with van der Waals surface area (Å²) < 4.78 is 13.2. The zero-order valence-corrected chi connectivity index (χ0v) is 15.9. The fourth-order valence-electron chi connectivity index (χ4n) is 3.44. The summed E-state index contributed by atoms with van der Waals surface area (Å²) in [6, 6.07) is 7.77. The minimum Gasteiger partial charge on any atom is -0.478 e. The van der Waals surface area contributed by atoms with Crippen LogP contribution < -0.4 is 16.4 Å². The Morgan fingerprint density at radius 1 is 1.07 bits per heavy atom. The van der Waals surface area contributed by atoms with E-state index in [1.807, 2.05) is 0 Å². The number of nitrogens with two attached hydrogens (primary N) is 2. The van der Waals surface area contributed by atoms with Crippen molar-refractivity contribution in [1.29, 1.82) is 0 Å². The summed E-state index contributed by atoms with van der Waals surface area (Å²) in [4.78, 5) is 49.3. The van der Waals surface area contributed by atoms with Crippen LogP contribution in [-0.4, -0.2) is 28.8 Å². The molecule has 0 unspecified atom stereocenters. The molecule has 1 heterocycles. The summed E-state index contributed by atoms with van der Waals surface area (Å²) in [6.07, 6.45) is 0.895. The molecule has 8 nitrogen and oxygen atoms in total. The first-order chi connectivity index (χ1) is 14.1. The molecule has 30 heavy (non-hydrogen) atoms. The Labute approximate surface area is 170 Å². The number of hydrogen-bond donors (Lipinski definition) is 3. The molecule has 3 rings (SSSR count). The minimum atomic E-state index is -1.27. The number of aliphatic carboxylic acids is 1. The Morgan fingerprint density at radius 2 is 1.67 bits per heavy atom. The smallest absolute Gasteiger partial charge is 0.333 e. The lowest BCUT2D eigenvalue weighted by Crippen LogP contribution is -2.36. The van der Waals surface area contributed by atoms with Crippen LogP contribution in [0.1, 0.15) is 44.2 Å². The summed E-state index contributed by atoms with van der Waals surface area (Å²) in [5.41, 5.74) is 11.4. The van der Waals surface area contributed by atoms with E-state index < -0.39 is 35.4 Å². The van der Waals surface area contributed by atoms with Gasteiger partial charge in [-0.25, -0.2) is 9.18 Å². The van der Waals surface area contributed by atoms with E-state index >= 15 is 0 Å². The molecule has 2 aromatic rings. The van der Waals surface area contributed by atoms with Gasteiger partial charge in [0.2, 0.25) is 11.8 Å². The number of carbonyl (C=O) groups is 4. The zero-order chi connectivity index (χ0) is 22.2. The SMILES string of the molecule is Cc1cc(N2C=C(C(=O)O)[C@H](c3ccc(F)cc3)CC2=O)c(C(N)=O)cc1C(N)=O. The first kappa shape index (κ1) is 20.7. The first-order valence-electron chi connectivity index (χ1n) is 8.87. The molecule has 1 aliphatic heterocycles. The van der Waals surface area contributed by atoms with Crippen LogP contribution in [0.5, 0.6) is 0 Å². The van der Waals surface area contributed by atoms with Crippen LogP contribution in [0.2, 0.25) is 0 Å². The van der Waals surface area contributed by atoms with E-state index in [1.165, 1.54) is 36.4 Å². The number of halogens is 1. The van der Waals surface area contributed by atoms with Crippen LogP contribution in [0.4, 0.5) is 10.1 Å². The number of nitrogens with zero attached hydrogens (tertiary/aromatic N) is 1. The van der Waals surface area contributed by atoms with Crippen molar-refractivity contribution in [2.45, 2.75) is 19.3 Å². The quantitative estimate of drug-likeness (QED) is 0.687. The molecule has 0 spiro atoms. The van der Waals surface area contributed by atoms with Crippen molar-refractivity contribution in [3.63, 3.8) is 0 Å². The molecule has 1 atom stereocenters. The van der Waals surface area contributed by atoms with E-state index in [4.69, 9.17) is 11.5 Å². The van der Waals surface area contributed by atoms with Crippen molar-refractivity contribution in [3.8, 4) is 0 Å². The Hall–Kier alpha value is -4.01. The summed E-state index contributed by atoms with van der Waals surface area (Å²) in [5, 5.41) is 9.69. The van der Waals surface area contributed by atoms with Crippen LogP contribution in [-0.2, 0) is 9.59 Å². The molecular formula is C21H18FN3O5. The minimum absolute atomic E-state index is 0.0475. The fourth-order valence-corrected chi connectivity index (χ4v) is 3.44. The predicted octanol–water partition coefficient (Wildman–Crippen LogP) is 1.82. The molecule has 0 saturated carbocycles. The van der Waals surface area contributed by atoms with Crippen molar-refractivity contribution in [1.82, 2.24) is 0 Å². The summed E-state index contributed by atoms with van der Waals surface area (Å²) >= 11 is 0. The highest BCUT2D eigenvalue weighted by Gasteiger charge is 2.34. The highest BCUT2D eigenvalue weighted by molar-refractivity contribution is 6.09. The third kappa shape index (κ3) is 3.77. The van der Waals surface area contributed by atoms with Crippen molar-refractivity contribution >= 4 is 29.4 Å². The number of carboxylic acids is 1. The molecule has 0 fully saturated rings. The average molecular weight is 411 g/mol. The van der Waals surface area contributed by atoms with Gasteiger partial charge in [0, 0.05) is 24.1 Å². The van der Waals surface area contributed by atoms with E-state index in [0.717, 1.165) is 11.1 Å². The van der Waals surface area contributed by atoms with Crippen LogP contribution in [0.25, 0.3) is 0 Å². The number of hydrogen-bond acceptors (Lipinski definition) is 4. The number of carbonyl (C=O) groups excluding carboxylic acids is 3. The molecule has 0 aliphatic carbocycles. The number of aryl methyl sites for hydroxylation is 1. The monoisotopic (exact) mass is 411 g/mol. The van der Waals surface area contributed by atoms with E-state index in [-0.39, 0.29) is 28.8 Å². The van der Waals surface area contributed by atoms with Gasteiger partial charge in [0.05, 0.1) is 16.8 Å². The Morgan fingerprint density at radius 3 is 2.20 bits per heavy atom. The number of anilines is 1. The van der Waals surface area contributed by atoms with Gasteiger partial charge in [0.25, 0.3) is 5.91 Å². The van der Waals surface area contributed by atoms with E-state index in [0.29, 0.717) is 11.1 Å². The number of rotatable bonds is 5. The van der Waals surface area contributed by atoms with Crippen LogP contribution in [0.3, 0.4) is 0 Å². The Bertz CT molecular complexity index is 1110. The van der Waals surface area contributed by atoms with Crippen LogP contribution in [0.15, 0.2) is 48.2 Å². The third-order valence-electron chi connectivity index (χ3n) is 4.94. The molecule has 5 N–H and O–H groups in total. The van der Waals surface area contributed by atoms with Gasteiger partial charge in [-0.3, -0.25) is 19.3 Å². The van der Waals surface area contributed by atoms with Crippen molar-refractivity contribution < 1.29 is 28.7 Å². The Balaban J connectivity index is 2.15. The van der Waals surface area contributed by atoms with Gasteiger partial charge in [-0.2, -0.15) is 0 Å². The lowest BCUT2D eigenvalue weighted by atomic mass is 9.85. The number of benzene rings is 2. The summed E-state index contributed by atoms with van der Waals surface area (Å²) in [6.45, 7) is 1.56. The maximum Gasteiger partial charge on any atom is 0.333 e. The third-order valence-corrected chi connectivity index (χ3v) is 4.94. The van der Waals surface area contributed by atoms with Gasteiger partial charge < -0.3 is 16.6 Å². The zero-order valence-electron chi connectivity index (χ0n) is 15.9. The first-order valence-corrected chi connectivity index (χ1v) is 8.87. The molecule has 9 heteroatoms. The number of primary amides is 2. The highest BCUT2D eigenvalue weighted by atomic mass is 19.1. The molecule has 3 amide bonds. The molecule has 0 saturated heterocycles. The van der Waals surface area contributed by atoms with Crippen LogP contribution >= 0.6 is 0 Å². The van der Waals surface area contributed by atoms with Gasteiger partial charge in [-0.05, 0) is 42.3 Å². The maximum atomic E-state index is 13.2. The predicted molar refractivity (Wildman–Crippen MR) is 105 cm³/mol. The molecular weight excluding hydrogens is 393 g/mol. The van der Waals surface area contributed by atoms with Crippen molar-refractivity contribution in [3.05, 3.63) is 76.2 Å². The molecule has 2 aromatic carbocycles. The summed E-state index contributed by atoms with van der Waals surface area (Å²) in [5.74, 6) is -4.73. The molecule has 0 bridgehead atoms. The van der Waals surface area contributed by atoms with Gasteiger partial charge in [-0.15, -0.1) is 0 Å². The van der Waals surface area contributed by atoms with Crippen LogP contribution in [0, 0.1) is 12.7 Å². The van der Waals surface area contributed by atoms with E-state index in [2.05, 4.69) is 0 Å². The summed E-state index contributed by atoms with van der Waals surface area (Å²) in [7, 11) is 0. The van der Waals surface area contributed by atoms with Gasteiger partial charge in [0.15, 0.2) is 0 Å². The van der Waals surface area contributed by atoms with Gasteiger partial charge >= 0.3 is 5.97 Å². The highest BCUT2D eigenvalue weighted by Crippen LogP contribution is 2.36. The molecule has 154 valence electrons. The maximum absolute atomic E-state index is 13.2. The number of amides is 3. The normalized spacial score (nSPS) is 16.2. The molecule has 1 aliphatic rings. The number of carboxylic acid groups (broad SMARTS) is 1. The lowest BCUT2D eigenvalue weighted by molar-refractivity contribution is -0.133. The van der Waals surface area contributed by atoms with Gasteiger partial charge in [-0.1, -0.05) is 12.1 Å². The second kappa shape index (κ2) is 7.78. The largest absolute Gasteiger partial charge is 0.478 e. The topological polar surface area (TPSA) is 144 Å². The van der Waals surface area contributed by atoms with Gasteiger partial charge in [0.1, 0.15) is 5.82 Å². The van der Waals surface area contributed by atoms with E-state index in [9.17, 15) is 28.7 Å². The molecule has 0 radical (unpaired) electrons. The lowest BCUT2D eigenvalue weighted by Gasteiger charge is -2.30. The average Bonchev–Trinajstić information content (AvgIpc) is 2.67. The molecule has 0 aromatic heterocycles. The second-order valence-electron chi connectivity index (χ2n) is 6.87. The standard InChI is InChI=1S/C21H18FN3O5/c1-10-6-17(15(20(24)28)7-13(10)19(23)27)25-9-16(21(29)30)14(8-18(25)26)11-2-4-12(22)5-3-11/h2-7,9,14H,8H2,1H3,(H2,23,27)(H2,24,28)(H,29,30)/t14-/m0/s1. The Kier molecular flexibility index (Phi) is 5.37. The van der Waals surface area contributed by atoms with E-state index in [1.54, 1.807) is 6.92 Å². The fraction of sp³-hybridized carbons (Fsp3) is 0.143.